The molecule has 2 amide bonds. The van der Waals surface area contributed by atoms with Crippen LogP contribution in [0.5, 0.6) is 0 Å². The molecule has 2 unspecified atom stereocenters. The molecule has 1 aliphatic rings. The lowest BCUT2D eigenvalue weighted by molar-refractivity contribution is -0.153. The van der Waals surface area contributed by atoms with Crippen LogP contribution >= 0.6 is 11.8 Å². The molecule has 21 heavy (non-hydrogen) atoms. The second-order valence-electron chi connectivity index (χ2n) is 6.89. The first-order valence-electron chi connectivity index (χ1n) is 7.49. The van der Waals surface area contributed by atoms with Gasteiger partial charge in [0, 0.05) is 18.1 Å². The van der Waals surface area contributed by atoms with E-state index >= 15 is 0 Å². The molecule has 5 heteroatoms. The Labute approximate surface area is 132 Å². The minimum absolute atomic E-state index is 0.0294. The quantitative estimate of drug-likeness (QED) is 0.605. The zero-order valence-corrected chi connectivity index (χ0v) is 14.6. The number of piperazine rings is 1. The molecule has 1 N–H and O–H groups in total. The summed E-state index contributed by atoms with van der Waals surface area (Å²) in [5, 5.41) is 2.92. The van der Waals surface area contributed by atoms with Crippen LogP contribution in [-0.2, 0) is 9.59 Å². The second-order valence-corrected chi connectivity index (χ2v) is 8.04. The summed E-state index contributed by atoms with van der Waals surface area (Å²) in [6.45, 7) is 14.2. The van der Waals surface area contributed by atoms with Gasteiger partial charge in [0.2, 0.25) is 11.8 Å². The molecule has 1 rings (SSSR count). The maximum absolute atomic E-state index is 12.8. The van der Waals surface area contributed by atoms with Gasteiger partial charge in [0.25, 0.3) is 0 Å². The van der Waals surface area contributed by atoms with Gasteiger partial charge in [-0.05, 0) is 11.3 Å². The lowest BCUT2D eigenvalue weighted by atomic mass is 9.83. The van der Waals surface area contributed by atoms with Crippen molar-refractivity contribution in [3.63, 3.8) is 0 Å². The highest BCUT2D eigenvalue weighted by Gasteiger charge is 2.45. The average Bonchev–Trinajstić information content (AvgIpc) is 2.36. The molecule has 0 aromatic carbocycles. The van der Waals surface area contributed by atoms with Crippen LogP contribution in [0.2, 0.25) is 0 Å². The third kappa shape index (κ3) is 4.50. The van der Waals surface area contributed by atoms with Gasteiger partial charge in [-0.2, -0.15) is 11.8 Å². The molecule has 4 nitrogen and oxygen atoms in total. The number of amides is 2. The zero-order valence-electron chi connectivity index (χ0n) is 13.8. The topological polar surface area (TPSA) is 49.4 Å². The predicted octanol–water partition coefficient (Wildman–Crippen LogP) is 2.30. The van der Waals surface area contributed by atoms with E-state index in [1.165, 1.54) is 0 Å². The molecule has 1 heterocycles. The number of carbonyl (C=O) groups is 2. The Hall–Kier alpha value is -0.970. The van der Waals surface area contributed by atoms with Gasteiger partial charge in [-0.3, -0.25) is 9.59 Å². The van der Waals surface area contributed by atoms with E-state index in [1.807, 2.05) is 40.7 Å². The van der Waals surface area contributed by atoms with Crippen molar-refractivity contribution < 1.29 is 9.59 Å². The molecular formula is C16H28N2O2S. The van der Waals surface area contributed by atoms with Gasteiger partial charge in [-0.1, -0.05) is 40.7 Å². The highest BCUT2D eigenvalue weighted by atomic mass is 32.2. The molecule has 120 valence electrons. The first kappa shape index (κ1) is 18.1. The molecule has 0 aliphatic carbocycles. The number of hydrogen-bond donors (Lipinski definition) is 1. The van der Waals surface area contributed by atoms with Crippen molar-refractivity contribution in [2.45, 2.75) is 46.7 Å². The first-order chi connectivity index (χ1) is 9.70. The Morgan fingerprint density at radius 2 is 2.00 bits per heavy atom. The van der Waals surface area contributed by atoms with E-state index in [-0.39, 0.29) is 29.2 Å². The number of rotatable bonds is 6. The fraction of sp³-hybridized carbons (Fsp3) is 0.750. The molecule has 1 fully saturated rings. The first-order valence-corrected chi connectivity index (χ1v) is 8.65. The Bertz CT molecular complexity index is 402. The van der Waals surface area contributed by atoms with Crippen LogP contribution in [0.25, 0.3) is 0 Å². The van der Waals surface area contributed by atoms with E-state index in [0.29, 0.717) is 6.54 Å². The summed E-state index contributed by atoms with van der Waals surface area (Å²) < 4.78 is 0. The molecule has 0 bridgehead atoms. The SMILES string of the molecule is C=CCSCCN1C(=O)C(C(C)(C)C)NC(=O)C1C(C)C. The van der Waals surface area contributed by atoms with Gasteiger partial charge >= 0.3 is 0 Å². The minimum Gasteiger partial charge on any atom is -0.342 e. The van der Waals surface area contributed by atoms with Crippen molar-refractivity contribution in [3.05, 3.63) is 12.7 Å². The van der Waals surface area contributed by atoms with Gasteiger partial charge in [0.1, 0.15) is 12.1 Å². The fourth-order valence-corrected chi connectivity index (χ4v) is 3.22. The van der Waals surface area contributed by atoms with E-state index in [4.69, 9.17) is 0 Å². The van der Waals surface area contributed by atoms with E-state index in [1.54, 1.807) is 16.7 Å². The molecule has 1 saturated heterocycles. The Balaban J connectivity index is 2.90. The predicted molar refractivity (Wildman–Crippen MR) is 89.2 cm³/mol. The van der Waals surface area contributed by atoms with Gasteiger partial charge in [-0.15, -0.1) is 6.58 Å². The standard InChI is InChI=1S/C16H28N2O2S/c1-7-9-21-10-8-18-12(11(2)3)14(19)17-13(15(18)20)16(4,5)6/h7,11-13H,1,8-10H2,2-6H3,(H,17,19). The average molecular weight is 312 g/mol. The highest BCUT2D eigenvalue weighted by Crippen LogP contribution is 2.27. The van der Waals surface area contributed by atoms with Crippen LogP contribution in [-0.4, -0.2) is 46.8 Å². The summed E-state index contributed by atoms with van der Waals surface area (Å²) in [4.78, 5) is 27.0. The van der Waals surface area contributed by atoms with Crippen LogP contribution in [0.3, 0.4) is 0 Å². The number of carbonyl (C=O) groups excluding carboxylic acids is 2. The minimum atomic E-state index is -0.440. The number of thioether (sulfide) groups is 1. The van der Waals surface area contributed by atoms with Gasteiger partial charge in [0.15, 0.2) is 0 Å². The lowest BCUT2D eigenvalue weighted by Crippen LogP contribution is -2.68. The Morgan fingerprint density at radius 1 is 1.38 bits per heavy atom. The third-order valence-electron chi connectivity index (χ3n) is 3.63. The Kier molecular flexibility index (Phi) is 6.32. The molecule has 0 saturated carbocycles. The van der Waals surface area contributed by atoms with E-state index < -0.39 is 6.04 Å². The van der Waals surface area contributed by atoms with Crippen LogP contribution in [0.4, 0.5) is 0 Å². The highest BCUT2D eigenvalue weighted by molar-refractivity contribution is 7.99. The maximum Gasteiger partial charge on any atom is 0.246 e. The Morgan fingerprint density at radius 3 is 2.48 bits per heavy atom. The molecule has 0 spiro atoms. The smallest absolute Gasteiger partial charge is 0.246 e. The van der Waals surface area contributed by atoms with Crippen molar-refractivity contribution in [2.24, 2.45) is 11.3 Å². The van der Waals surface area contributed by atoms with Gasteiger partial charge in [-0.25, -0.2) is 0 Å². The zero-order chi connectivity index (χ0) is 16.2. The van der Waals surface area contributed by atoms with E-state index in [2.05, 4.69) is 11.9 Å². The summed E-state index contributed by atoms with van der Waals surface area (Å²) in [5.41, 5.74) is -0.277. The molecule has 0 radical (unpaired) electrons. The monoisotopic (exact) mass is 312 g/mol. The van der Waals surface area contributed by atoms with Gasteiger partial charge < -0.3 is 10.2 Å². The van der Waals surface area contributed by atoms with Crippen molar-refractivity contribution in [1.29, 1.82) is 0 Å². The van der Waals surface area contributed by atoms with Crippen molar-refractivity contribution >= 4 is 23.6 Å². The summed E-state index contributed by atoms with van der Waals surface area (Å²) in [6, 6.07) is -0.801. The largest absolute Gasteiger partial charge is 0.342 e. The number of hydrogen-bond acceptors (Lipinski definition) is 3. The molecule has 2 atom stereocenters. The molecule has 1 aliphatic heterocycles. The van der Waals surface area contributed by atoms with Crippen LogP contribution in [0, 0.1) is 11.3 Å². The molecular weight excluding hydrogens is 284 g/mol. The fourth-order valence-electron chi connectivity index (χ4n) is 2.56. The molecule has 0 aromatic rings. The normalized spacial score (nSPS) is 23.4. The lowest BCUT2D eigenvalue weighted by Gasteiger charge is -2.44. The summed E-state index contributed by atoms with van der Waals surface area (Å²) >= 11 is 1.73. The van der Waals surface area contributed by atoms with Gasteiger partial charge in [0.05, 0.1) is 0 Å². The van der Waals surface area contributed by atoms with Crippen LogP contribution in [0.1, 0.15) is 34.6 Å². The number of nitrogens with one attached hydrogen (secondary N) is 1. The van der Waals surface area contributed by atoms with Crippen LogP contribution < -0.4 is 5.32 Å². The molecule has 0 aromatic heterocycles. The summed E-state index contributed by atoms with van der Waals surface area (Å²) in [5.74, 6) is 1.81. The third-order valence-corrected chi connectivity index (χ3v) is 4.57. The van der Waals surface area contributed by atoms with E-state index in [0.717, 1.165) is 11.5 Å². The van der Waals surface area contributed by atoms with Crippen molar-refractivity contribution in [3.8, 4) is 0 Å². The van der Waals surface area contributed by atoms with Crippen molar-refractivity contribution in [2.75, 3.05) is 18.1 Å². The summed E-state index contributed by atoms with van der Waals surface area (Å²) in [7, 11) is 0. The number of nitrogens with zero attached hydrogens (tertiary/aromatic N) is 1. The summed E-state index contributed by atoms with van der Waals surface area (Å²) in [6.07, 6.45) is 1.85. The maximum atomic E-state index is 12.8. The van der Waals surface area contributed by atoms with Crippen LogP contribution in [0.15, 0.2) is 12.7 Å². The van der Waals surface area contributed by atoms with Crippen molar-refractivity contribution in [1.82, 2.24) is 10.2 Å². The van der Waals surface area contributed by atoms with E-state index in [9.17, 15) is 9.59 Å². The second kappa shape index (κ2) is 7.34.